The molecule has 0 saturated heterocycles. The number of non-ortho nitro benzene ring substituents is 1. The third-order valence-electron chi connectivity index (χ3n) is 4.31. The molecule has 0 spiro atoms. The van der Waals surface area contributed by atoms with Crippen LogP contribution in [0.25, 0.3) is 0 Å². The number of amides is 2. The zero-order valence-electron chi connectivity index (χ0n) is 16.3. The lowest BCUT2D eigenvalue weighted by atomic mass is 10.0. The summed E-state index contributed by atoms with van der Waals surface area (Å²) in [5.41, 5.74) is 0.386. The Kier molecular flexibility index (Phi) is 7.13. The number of nitrogens with zero attached hydrogens (tertiary/aromatic N) is 1. The number of benzene rings is 2. The number of nitrogens with one attached hydrogen (secondary N) is 2. The Morgan fingerprint density at radius 1 is 1.17 bits per heavy atom. The third kappa shape index (κ3) is 5.68. The molecule has 2 aromatic rings. The van der Waals surface area contributed by atoms with Crippen molar-refractivity contribution in [2.75, 3.05) is 7.11 Å². The van der Waals surface area contributed by atoms with Crippen molar-refractivity contribution < 1.29 is 24.4 Å². The SMILES string of the molecule is COc1ccc(C(=O)N[C@H](C(=O)NCc2cc([N+](=O)[O-])ccc2O)C(C)C)cc1. The first kappa shape index (κ1) is 21.7. The van der Waals surface area contributed by atoms with Crippen molar-refractivity contribution in [2.45, 2.75) is 26.4 Å². The van der Waals surface area contributed by atoms with Gasteiger partial charge in [0, 0.05) is 29.8 Å². The highest BCUT2D eigenvalue weighted by Crippen LogP contribution is 2.22. The zero-order chi connectivity index (χ0) is 21.6. The van der Waals surface area contributed by atoms with E-state index in [0.29, 0.717) is 11.3 Å². The van der Waals surface area contributed by atoms with Crippen LogP contribution in [0, 0.1) is 16.0 Å². The van der Waals surface area contributed by atoms with Gasteiger partial charge in [-0.25, -0.2) is 0 Å². The number of ether oxygens (including phenoxy) is 1. The average Bonchev–Trinajstić information content (AvgIpc) is 2.70. The summed E-state index contributed by atoms with van der Waals surface area (Å²) in [6.07, 6.45) is 0. The van der Waals surface area contributed by atoms with Gasteiger partial charge in [0.1, 0.15) is 17.5 Å². The van der Waals surface area contributed by atoms with Crippen LogP contribution in [-0.2, 0) is 11.3 Å². The number of nitro groups is 1. The number of nitro benzene ring substituents is 1. The Balaban J connectivity index is 2.06. The molecule has 29 heavy (non-hydrogen) atoms. The van der Waals surface area contributed by atoms with E-state index in [1.54, 1.807) is 38.1 Å². The standard InChI is InChI=1S/C20H23N3O6/c1-12(2)18(22-19(25)13-4-7-16(29-3)8-5-13)20(26)21-11-14-10-15(23(27)28)6-9-17(14)24/h4-10,12,18,24H,11H2,1-3H3,(H,21,26)(H,22,25)/t18-/m0/s1. The number of hydrogen-bond acceptors (Lipinski definition) is 6. The van der Waals surface area contributed by atoms with Crippen LogP contribution >= 0.6 is 0 Å². The maximum absolute atomic E-state index is 12.6. The number of hydrogen-bond donors (Lipinski definition) is 3. The summed E-state index contributed by atoms with van der Waals surface area (Å²) >= 11 is 0. The van der Waals surface area contributed by atoms with Gasteiger partial charge in [-0.3, -0.25) is 19.7 Å². The van der Waals surface area contributed by atoms with Gasteiger partial charge in [-0.15, -0.1) is 0 Å². The van der Waals surface area contributed by atoms with Crippen LogP contribution in [0.4, 0.5) is 5.69 Å². The minimum atomic E-state index is -0.828. The van der Waals surface area contributed by atoms with Gasteiger partial charge in [-0.1, -0.05) is 13.8 Å². The predicted molar refractivity (Wildman–Crippen MR) is 106 cm³/mol. The fourth-order valence-electron chi connectivity index (χ4n) is 2.62. The Morgan fingerprint density at radius 3 is 2.38 bits per heavy atom. The van der Waals surface area contributed by atoms with Gasteiger partial charge in [-0.05, 0) is 36.2 Å². The largest absolute Gasteiger partial charge is 0.508 e. The highest BCUT2D eigenvalue weighted by Gasteiger charge is 2.25. The number of aromatic hydroxyl groups is 1. The first-order valence-electron chi connectivity index (χ1n) is 8.91. The molecule has 0 aliphatic heterocycles. The molecule has 9 heteroatoms. The van der Waals surface area contributed by atoms with E-state index in [4.69, 9.17) is 4.74 Å². The van der Waals surface area contributed by atoms with Crippen molar-refractivity contribution in [3.8, 4) is 11.5 Å². The molecule has 0 aliphatic carbocycles. The molecule has 154 valence electrons. The van der Waals surface area contributed by atoms with E-state index in [9.17, 15) is 24.8 Å². The molecule has 9 nitrogen and oxygen atoms in total. The van der Waals surface area contributed by atoms with E-state index < -0.39 is 22.8 Å². The molecular weight excluding hydrogens is 378 g/mol. The fourth-order valence-corrected chi connectivity index (χ4v) is 2.62. The van der Waals surface area contributed by atoms with Crippen LogP contribution in [0.3, 0.4) is 0 Å². The van der Waals surface area contributed by atoms with E-state index in [1.807, 2.05) is 0 Å². The molecule has 0 saturated carbocycles. The van der Waals surface area contributed by atoms with Crippen molar-refractivity contribution in [3.05, 3.63) is 63.7 Å². The van der Waals surface area contributed by atoms with Crippen molar-refractivity contribution in [3.63, 3.8) is 0 Å². The van der Waals surface area contributed by atoms with Crippen molar-refractivity contribution in [2.24, 2.45) is 5.92 Å². The molecule has 3 N–H and O–H groups in total. The van der Waals surface area contributed by atoms with Crippen LogP contribution in [0.5, 0.6) is 11.5 Å². The summed E-state index contributed by atoms with van der Waals surface area (Å²) in [5, 5.41) is 26.0. The lowest BCUT2D eigenvalue weighted by molar-refractivity contribution is -0.384. The van der Waals surface area contributed by atoms with Gasteiger partial charge < -0.3 is 20.5 Å². The highest BCUT2D eigenvalue weighted by atomic mass is 16.6. The molecule has 0 heterocycles. The van der Waals surface area contributed by atoms with Crippen molar-refractivity contribution >= 4 is 17.5 Å². The van der Waals surface area contributed by atoms with Gasteiger partial charge >= 0.3 is 0 Å². The second-order valence-electron chi connectivity index (χ2n) is 6.71. The van der Waals surface area contributed by atoms with Gasteiger partial charge in [0.25, 0.3) is 11.6 Å². The van der Waals surface area contributed by atoms with Crippen LogP contribution in [0.15, 0.2) is 42.5 Å². The molecule has 0 aliphatic rings. The van der Waals surface area contributed by atoms with E-state index in [0.717, 1.165) is 0 Å². The van der Waals surface area contributed by atoms with Crippen molar-refractivity contribution in [1.29, 1.82) is 0 Å². The summed E-state index contributed by atoms with van der Waals surface area (Å²) in [6.45, 7) is 3.45. The first-order chi connectivity index (χ1) is 13.7. The molecule has 2 amide bonds. The van der Waals surface area contributed by atoms with Crippen LogP contribution < -0.4 is 15.4 Å². The molecule has 1 atom stereocenters. The predicted octanol–water partition coefficient (Wildman–Crippen LogP) is 2.38. The first-order valence-corrected chi connectivity index (χ1v) is 8.91. The average molecular weight is 401 g/mol. The molecule has 0 aromatic heterocycles. The molecule has 2 aromatic carbocycles. The Morgan fingerprint density at radius 2 is 1.83 bits per heavy atom. The van der Waals surface area contributed by atoms with Gasteiger partial charge in [0.15, 0.2) is 0 Å². The van der Waals surface area contributed by atoms with Crippen LogP contribution in [0.1, 0.15) is 29.8 Å². The second-order valence-corrected chi connectivity index (χ2v) is 6.71. The summed E-state index contributed by atoms with van der Waals surface area (Å²) in [4.78, 5) is 35.3. The second kappa shape index (κ2) is 9.54. The van der Waals surface area contributed by atoms with Crippen LogP contribution in [-0.4, -0.2) is 35.0 Å². The maximum atomic E-state index is 12.6. The van der Waals surface area contributed by atoms with Gasteiger partial charge in [0.05, 0.1) is 12.0 Å². The summed E-state index contributed by atoms with van der Waals surface area (Å²) < 4.78 is 5.05. The number of carbonyl (C=O) groups is 2. The van der Waals surface area contributed by atoms with E-state index >= 15 is 0 Å². The Labute approximate surface area is 167 Å². The number of rotatable bonds is 8. The minimum absolute atomic E-state index is 0.117. The lowest BCUT2D eigenvalue weighted by Gasteiger charge is -2.22. The number of carbonyl (C=O) groups excluding carboxylic acids is 2. The minimum Gasteiger partial charge on any atom is -0.508 e. The monoisotopic (exact) mass is 401 g/mol. The lowest BCUT2D eigenvalue weighted by Crippen LogP contribution is -2.49. The number of phenols is 1. The van der Waals surface area contributed by atoms with E-state index in [1.165, 1.54) is 25.3 Å². The Bertz CT molecular complexity index is 896. The molecule has 0 bridgehead atoms. The number of methoxy groups -OCH3 is 1. The smallest absolute Gasteiger partial charge is 0.270 e. The maximum Gasteiger partial charge on any atom is 0.270 e. The summed E-state index contributed by atoms with van der Waals surface area (Å²) in [6, 6.07) is 9.20. The van der Waals surface area contributed by atoms with Crippen LogP contribution in [0.2, 0.25) is 0 Å². The van der Waals surface area contributed by atoms with Gasteiger partial charge in [0.2, 0.25) is 5.91 Å². The molecule has 0 unspecified atom stereocenters. The third-order valence-corrected chi connectivity index (χ3v) is 4.31. The molecule has 2 rings (SSSR count). The molecular formula is C20H23N3O6. The van der Waals surface area contributed by atoms with E-state index in [-0.39, 0.29) is 29.5 Å². The molecule has 0 radical (unpaired) electrons. The zero-order valence-corrected chi connectivity index (χ0v) is 16.3. The van der Waals surface area contributed by atoms with Gasteiger partial charge in [-0.2, -0.15) is 0 Å². The highest BCUT2D eigenvalue weighted by molar-refractivity contribution is 5.97. The quantitative estimate of drug-likeness (QED) is 0.460. The molecule has 0 fully saturated rings. The topological polar surface area (TPSA) is 131 Å². The normalized spacial score (nSPS) is 11.6. The number of phenolic OH excluding ortho intramolecular Hbond substituents is 1. The summed E-state index contributed by atoms with van der Waals surface area (Å²) in [7, 11) is 1.52. The summed E-state index contributed by atoms with van der Waals surface area (Å²) in [5.74, 6) is -0.654. The van der Waals surface area contributed by atoms with E-state index in [2.05, 4.69) is 10.6 Å². The Hall–Kier alpha value is -3.62. The fraction of sp³-hybridized carbons (Fsp3) is 0.300. The van der Waals surface area contributed by atoms with Crippen molar-refractivity contribution in [1.82, 2.24) is 10.6 Å².